The molecule has 0 heterocycles. The van der Waals surface area contributed by atoms with Crippen LogP contribution in [0.5, 0.6) is 5.75 Å². The molecular formula is C16H12N2O7S2. The van der Waals surface area contributed by atoms with Gasteiger partial charge in [0, 0.05) is 6.07 Å². The Kier molecular flexibility index (Phi) is 4.70. The highest BCUT2D eigenvalue weighted by atomic mass is 32.2. The lowest BCUT2D eigenvalue weighted by molar-refractivity contribution is 0.471. The lowest BCUT2D eigenvalue weighted by Crippen LogP contribution is -2.00. The van der Waals surface area contributed by atoms with Gasteiger partial charge in [-0.15, -0.1) is 5.11 Å². The van der Waals surface area contributed by atoms with E-state index in [0.717, 1.165) is 24.3 Å². The molecule has 3 N–H and O–H groups in total. The van der Waals surface area contributed by atoms with Crippen LogP contribution in [-0.2, 0) is 20.2 Å². The van der Waals surface area contributed by atoms with E-state index in [4.69, 9.17) is 0 Å². The average molecular weight is 408 g/mol. The number of hydrogen-bond donors (Lipinski definition) is 3. The molecule has 3 rings (SSSR count). The minimum absolute atomic E-state index is 0.00511. The van der Waals surface area contributed by atoms with Gasteiger partial charge >= 0.3 is 0 Å². The molecule has 3 aromatic rings. The number of rotatable bonds is 4. The van der Waals surface area contributed by atoms with Crippen molar-refractivity contribution in [3.63, 3.8) is 0 Å². The molecule has 11 heteroatoms. The van der Waals surface area contributed by atoms with Crippen LogP contribution in [0.3, 0.4) is 0 Å². The van der Waals surface area contributed by atoms with Gasteiger partial charge in [-0.25, -0.2) is 0 Å². The second-order valence-corrected chi connectivity index (χ2v) is 8.31. The largest absolute Gasteiger partial charge is 0.507 e. The Morgan fingerprint density at radius 2 is 1.30 bits per heavy atom. The molecule has 0 aliphatic heterocycles. The van der Waals surface area contributed by atoms with Crippen molar-refractivity contribution in [1.82, 2.24) is 0 Å². The number of nitrogens with zero attached hydrogens (tertiary/aromatic N) is 2. The van der Waals surface area contributed by atoms with Gasteiger partial charge in [-0.1, -0.05) is 18.2 Å². The van der Waals surface area contributed by atoms with Crippen LogP contribution >= 0.6 is 0 Å². The molecule has 0 bridgehead atoms. The molecule has 0 unspecified atom stereocenters. The van der Waals surface area contributed by atoms with Crippen molar-refractivity contribution >= 4 is 42.4 Å². The Morgan fingerprint density at radius 1 is 0.741 bits per heavy atom. The summed E-state index contributed by atoms with van der Waals surface area (Å²) in [4.78, 5) is -1.23. The molecule has 0 aliphatic carbocycles. The molecule has 0 aromatic heterocycles. The Morgan fingerprint density at radius 3 is 1.85 bits per heavy atom. The molecule has 0 saturated carbocycles. The van der Waals surface area contributed by atoms with Gasteiger partial charge in [0.15, 0.2) is 0 Å². The normalized spacial score (nSPS) is 12.7. The lowest BCUT2D eigenvalue weighted by atomic mass is 10.1. The van der Waals surface area contributed by atoms with Gasteiger partial charge in [0.25, 0.3) is 20.2 Å². The van der Waals surface area contributed by atoms with E-state index < -0.39 is 35.8 Å². The maximum Gasteiger partial charge on any atom is 0.294 e. The third-order valence-electron chi connectivity index (χ3n) is 3.58. The first-order chi connectivity index (χ1) is 12.6. The number of phenolic OH excluding ortho intramolecular Hbond substituents is 1. The Labute approximate surface area is 154 Å². The summed E-state index contributed by atoms with van der Waals surface area (Å²) in [6.45, 7) is 0. The minimum Gasteiger partial charge on any atom is -0.507 e. The first-order valence-corrected chi connectivity index (χ1v) is 10.2. The second kappa shape index (κ2) is 6.70. The third kappa shape index (κ3) is 4.11. The van der Waals surface area contributed by atoms with Crippen molar-refractivity contribution in [2.24, 2.45) is 10.2 Å². The molecule has 0 spiro atoms. The highest BCUT2D eigenvalue weighted by Gasteiger charge is 2.19. The van der Waals surface area contributed by atoms with E-state index in [1.807, 2.05) is 0 Å². The molecule has 27 heavy (non-hydrogen) atoms. The van der Waals surface area contributed by atoms with Gasteiger partial charge in [0.05, 0.1) is 26.6 Å². The summed E-state index contributed by atoms with van der Waals surface area (Å²) in [5, 5.41) is 18.0. The van der Waals surface area contributed by atoms with Crippen LogP contribution in [0.4, 0.5) is 11.4 Å². The zero-order valence-electron chi connectivity index (χ0n) is 13.4. The van der Waals surface area contributed by atoms with E-state index in [9.17, 15) is 31.0 Å². The SMILES string of the molecule is O=S(=O)(O)c1cc(O)c2c(/N=N/c3ccccc3)cc(S(=O)(=O)O)cc2c1. The third-order valence-corrected chi connectivity index (χ3v) is 5.24. The molecule has 0 atom stereocenters. The first-order valence-electron chi connectivity index (χ1n) is 7.28. The standard InChI is InChI=1S/C16H12N2O7S2/c19-15-9-13(27(23,24)25)7-10-6-12(26(20,21)22)8-14(16(10)15)18-17-11-4-2-1-3-5-11/h1-9,19H,(H,20,21,22)(H,23,24,25)/b18-17+. The van der Waals surface area contributed by atoms with Gasteiger partial charge in [-0.3, -0.25) is 9.11 Å². The fourth-order valence-corrected chi connectivity index (χ4v) is 3.47. The van der Waals surface area contributed by atoms with E-state index in [-0.39, 0.29) is 16.5 Å². The van der Waals surface area contributed by atoms with E-state index in [1.165, 1.54) is 0 Å². The molecule has 0 fully saturated rings. The smallest absolute Gasteiger partial charge is 0.294 e. The number of azo groups is 1. The molecular weight excluding hydrogens is 396 g/mol. The highest BCUT2D eigenvalue weighted by molar-refractivity contribution is 7.86. The van der Waals surface area contributed by atoms with Crippen LogP contribution in [0.15, 0.2) is 74.6 Å². The summed E-state index contributed by atoms with van der Waals surface area (Å²) < 4.78 is 64.2. The van der Waals surface area contributed by atoms with Crippen LogP contribution in [0.2, 0.25) is 0 Å². The quantitative estimate of drug-likeness (QED) is 0.441. The summed E-state index contributed by atoms with van der Waals surface area (Å²) in [6.07, 6.45) is 0. The van der Waals surface area contributed by atoms with Gasteiger partial charge in [0.1, 0.15) is 5.75 Å². The van der Waals surface area contributed by atoms with Gasteiger partial charge in [-0.05, 0) is 35.7 Å². The second-order valence-electron chi connectivity index (χ2n) is 5.47. The zero-order valence-corrected chi connectivity index (χ0v) is 15.0. The van der Waals surface area contributed by atoms with Crippen LogP contribution < -0.4 is 0 Å². The number of benzene rings is 3. The highest BCUT2D eigenvalue weighted by Crippen LogP contribution is 2.38. The average Bonchev–Trinajstić information content (AvgIpc) is 2.58. The first kappa shape index (κ1) is 18.9. The van der Waals surface area contributed by atoms with Crippen molar-refractivity contribution in [2.45, 2.75) is 9.79 Å². The van der Waals surface area contributed by atoms with Gasteiger partial charge in [0.2, 0.25) is 0 Å². The van der Waals surface area contributed by atoms with E-state index in [0.29, 0.717) is 5.69 Å². The van der Waals surface area contributed by atoms with E-state index in [1.54, 1.807) is 30.3 Å². The summed E-state index contributed by atoms with van der Waals surface area (Å²) >= 11 is 0. The Hall–Kier alpha value is -2.86. The molecule has 3 aromatic carbocycles. The topological polar surface area (TPSA) is 154 Å². The maximum atomic E-state index is 11.5. The Bertz CT molecular complexity index is 1260. The van der Waals surface area contributed by atoms with Gasteiger partial charge < -0.3 is 5.11 Å². The van der Waals surface area contributed by atoms with Crippen LogP contribution in [0.1, 0.15) is 0 Å². The number of phenols is 1. The van der Waals surface area contributed by atoms with Crippen LogP contribution in [0, 0.1) is 0 Å². The minimum atomic E-state index is -4.66. The Balaban J connectivity index is 2.32. The predicted molar refractivity (Wildman–Crippen MR) is 95.9 cm³/mol. The van der Waals surface area contributed by atoms with Crippen molar-refractivity contribution in [1.29, 1.82) is 0 Å². The van der Waals surface area contributed by atoms with E-state index in [2.05, 4.69) is 10.2 Å². The fourth-order valence-electron chi connectivity index (χ4n) is 2.40. The maximum absolute atomic E-state index is 11.5. The molecule has 140 valence electrons. The van der Waals surface area contributed by atoms with Crippen molar-refractivity contribution in [2.75, 3.05) is 0 Å². The molecule has 0 radical (unpaired) electrons. The van der Waals surface area contributed by atoms with Gasteiger partial charge in [-0.2, -0.15) is 21.9 Å². The van der Waals surface area contributed by atoms with Crippen LogP contribution in [0.25, 0.3) is 10.8 Å². The number of hydrogen-bond acceptors (Lipinski definition) is 7. The predicted octanol–water partition coefficient (Wildman–Crippen LogP) is 3.45. The number of fused-ring (bicyclic) bond motifs is 1. The van der Waals surface area contributed by atoms with Crippen molar-refractivity contribution in [3.8, 4) is 5.75 Å². The molecule has 0 aliphatic rings. The number of aromatic hydroxyl groups is 1. The zero-order chi connectivity index (χ0) is 19.8. The van der Waals surface area contributed by atoms with E-state index >= 15 is 0 Å². The van der Waals surface area contributed by atoms with Crippen molar-refractivity contribution in [3.05, 3.63) is 54.6 Å². The summed E-state index contributed by atoms with van der Waals surface area (Å²) in [7, 11) is -9.32. The van der Waals surface area contributed by atoms with Crippen LogP contribution in [-0.4, -0.2) is 31.0 Å². The lowest BCUT2D eigenvalue weighted by Gasteiger charge is -2.09. The molecule has 9 nitrogen and oxygen atoms in total. The summed E-state index contributed by atoms with van der Waals surface area (Å²) in [5.41, 5.74) is 0.320. The molecule has 0 amide bonds. The van der Waals surface area contributed by atoms with Crippen molar-refractivity contribution < 1.29 is 31.0 Å². The molecule has 0 saturated heterocycles. The summed E-state index contributed by atoms with van der Waals surface area (Å²) in [6, 6.07) is 12.1. The monoisotopic (exact) mass is 408 g/mol. The summed E-state index contributed by atoms with van der Waals surface area (Å²) in [5.74, 6) is -0.566. The fraction of sp³-hybridized carbons (Fsp3) is 0.